The van der Waals surface area contributed by atoms with Crippen LogP contribution in [0, 0.1) is 0 Å². The zero-order valence-electron chi connectivity index (χ0n) is 10.1. The molecule has 0 aliphatic carbocycles. The molecule has 0 aliphatic rings. The van der Waals surface area contributed by atoms with Gasteiger partial charge in [0.25, 0.3) is 0 Å². The van der Waals surface area contributed by atoms with Crippen LogP contribution in [0.3, 0.4) is 0 Å². The van der Waals surface area contributed by atoms with Crippen molar-refractivity contribution in [1.29, 1.82) is 0 Å². The van der Waals surface area contributed by atoms with Crippen LogP contribution in [0.1, 0.15) is 18.5 Å². The lowest BCUT2D eigenvalue weighted by molar-refractivity contribution is 0.566. The number of sulfonamides is 1. The Labute approximate surface area is 116 Å². The minimum absolute atomic E-state index is 0.0300. The Morgan fingerprint density at radius 2 is 1.89 bits per heavy atom. The molecular formula is C12H12ClN3O2S. The summed E-state index contributed by atoms with van der Waals surface area (Å²) in [5.41, 5.74) is 0.818. The Kier molecular flexibility index (Phi) is 4.14. The van der Waals surface area contributed by atoms with Crippen molar-refractivity contribution >= 4 is 21.6 Å². The highest BCUT2D eigenvalue weighted by atomic mass is 35.5. The smallest absolute Gasteiger partial charge is 0.244 e. The number of pyridine rings is 2. The average Bonchev–Trinajstić information content (AvgIpc) is 2.39. The van der Waals surface area contributed by atoms with Crippen LogP contribution in [0.25, 0.3) is 0 Å². The molecule has 0 aromatic carbocycles. The summed E-state index contributed by atoms with van der Waals surface area (Å²) in [6.07, 6.45) is 4.65. The standard InChI is InChI=1S/C12H12ClN3O2S/c1-9(10-4-7-14-8-5-10)16-19(17,18)11-3-2-6-15-12(11)13/h2-9,16H,1H3. The number of nitrogens with zero attached hydrogens (tertiary/aromatic N) is 2. The van der Waals surface area contributed by atoms with Crippen molar-refractivity contribution in [1.82, 2.24) is 14.7 Å². The Bertz CT molecular complexity index is 662. The minimum Gasteiger partial charge on any atom is -0.265 e. The van der Waals surface area contributed by atoms with Gasteiger partial charge < -0.3 is 0 Å². The second-order valence-corrected chi connectivity index (χ2v) is 5.96. The SMILES string of the molecule is CC(NS(=O)(=O)c1cccnc1Cl)c1ccncc1. The van der Waals surface area contributed by atoms with Crippen LogP contribution < -0.4 is 4.72 Å². The van der Waals surface area contributed by atoms with E-state index in [0.29, 0.717) is 0 Å². The molecule has 2 aromatic rings. The number of halogens is 1. The monoisotopic (exact) mass is 297 g/mol. The highest BCUT2D eigenvalue weighted by molar-refractivity contribution is 7.89. The first-order chi connectivity index (χ1) is 9.00. The van der Waals surface area contributed by atoms with Gasteiger partial charge in [0.05, 0.1) is 0 Å². The maximum absolute atomic E-state index is 12.2. The van der Waals surface area contributed by atoms with E-state index in [1.54, 1.807) is 31.5 Å². The van der Waals surface area contributed by atoms with Crippen LogP contribution in [-0.2, 0) is 10.0 Å². The molecule has 0 amide bonds. The Morgan fingerprint density at radius 3 is 2.53 bits per heavy atom. The molecule has 100 valence electrons. The van der Waals surface area contributed by atoms with Gasteiger partial charge in [-0.25, -0.2) is 18.1 Å². The number of rotatable bonds is 4. The molecular weight excluding hydrogens is 286 g/mol. The summed E-state index contributed by atoms with van der Waals surface area (Å²) in [5, 5.41) is -0.0445. The largest absolute Gasteiger partial charge is 0.265 e. The van der Waals surface area contributed by atoms with E-state index in [-0.39, 0.29) is 16.1 Å². The summed E-state index contributed by atoms with van der Waals surface area (Å²) in [6, 6.07) is 6.05. The number of nitrogens with one attached hydrogen (secondary N) is 1. The molecule has 2 rings (SSSR count). The van der Waals surface area contributed by atoms with E-state index in [0.717, 1.165) is 5.56 Å². The predicted octanol–water partition coefficient (Wildman–Crippen LogP) is 2.17. The Balaban J connectivity index is 2.26. The Morgan fingerprint density at radius 1 is 1.21 bits per heavy atom. The van der Waals surface area contributed by atoms with Crippen molar-refractivity contribution in [3.05, 3.63) is 53.6 Å². The zero-order valence-corrected chi connectivity index (χ0v) is 11.7. The fourth-order valence-corrected chi connectivity index (χ4v) is 3.27. The lowest BCUT2D eigenvalue weighted by Gasteiger charge is -2.14. The van der Waals surface area contributed by atoms with E-state index in [1.165, 1.54) is 18.3 Å². The molecule has 0 saturated carbocycles. The molecule has 1 atom stereocenters. The van der Waals surface area contributed by atoms with Crippen LogP contribution in [0.4, 0.5) is 0 Å². The van der Waals surface area contributed by atoms with Crippen LogP contribution in [-0.4, -0.2) is 18.4 Å². The van der Waals surface area contributed by atoms with Crippen molar-refractivity contribution in [3.63, 3.8) is 0 Å². The first-order valence-corrected chi connectivity index (χ1v) is 7.39. The predicted molar refractivity (Wildman–Crippen MR) is 72.2 cm³/mol. The summed E-state index contributed by atoms with van der Waals surface area (Å²) in [7, 11) is -3.70. The summed E-state index contributed by atoms with van der Waals surface area (Å²) in [4.78, 5) is 7.62. The van der Waals surface area contributed by atoms with Crippen molar-refractivity contribution in [2.75, 3.05) is 0 Å². The molecule has 5 nitrogen and oxygen atoms in total. The van der Waals surface area contributed by atoms with Crippen LogP contribution >= 0.6 is 11.6 Å². The van der Waals surface area contributed by atoms with Crippen LogP contribution in [0.2, 0.25) is 5.15 Å². The van der Waals surface area contributed by atoms with E-state index in [1.807, 2.05) is 0 Å². The molecule has 0 spiro atoms. The highest BCUT2D eigenvalue weighted by Gasteiger charge is 2.21. The topological polar surface area (TPSA) is 72.0 Å². The van der Waals surface area contributed by atoms with Crippen molar-refractivity contribution in [3.8, 4) is 0 Å². The number of aromatic nitrogens is 2. The summed E-state index contributed by atoms with van der Waals surface area (Å²) in [5.74, 6) is 0. The maximum Gasteiger partial charge on any atom is 0.244 e. The third kappa shape index (κ3) is 3.28. The van der Waals surface area contributed by atoms with Gasteiger partial charge >= 0.3 is 0 Å². The highest BCUT2D eigenvalue weighted by Crippen LogP contribution is 2.20. The molecule has 0 saturated heterocycles. The van der Waals surface area contributed by atoms with Crippen molar-refractivity contribution in [2.45, 2.75) is 17.9 Å². The van der Waals surface area contributed by atoms with E-state index in [4.69, 9.17) is 11.6 Å². The Hall–Kier alpha value is -1.50. The molecule has 19 heavy (non-hydrogen) atoms. The summed E-state index contributed by atoms with van der Waals surface area (Å²) < 4.78 is 26.9. The van der Waals surface area contributed by atoms with Crippen LogP contribution in [0.15, 0.2) is 47.8 Å². The van der Waals surface area contributed by atoms with Gasteiger partial charge in [-0.05, 0) is 36.8 Å². The van der Waals surface area contributed by atoms with Gasteiger partial charge in [0, 0.05) is 24.6 Å². The second-order valence-electron chi connectivity index (χ2n) is 3.92. The second kappa shape index (κ2) is 5.64. The minimum atomic E-state index is -3.70. The molecule has 2 heterocycles. The summed E-state index contributed by atoms with van der Waals surface area (Å²) >= 11 is 5.80. The first-order valence-electron chi connectivity index (χ1n) is 5.53. The fourth-order valence-electron chi connectivity index (χ4n) is 1.59. The molecule has 1 unspecified atom stereocenters. The van der Waals surface area contributed by atoms with Gasteiger partial charge in [0.15, 0.2) is 0 Å². The van der Waals surface area contributed by atoms with Crippen molar-refractivity contribution in [2.24, 2.45) is 0 Å². The van der Waals surface area contributed by atoms with Gasteiger partial charge in [0.2, 0.25) is 10.0 Å². The average molecular weight is 298 g/mol. The van der Waals surface area contributed by atoms with E-state index >= 15 is 0 Å². The van der Waals surface area contributed by atoms with Crippen molar-refractivity contribution < 1.29 is 8.42 Å². The van der Waals surface area contributed by atoms with Gasteiger partial charge in [-0.1, -0.05) is 11.6 Å². The van der Waals surface area contributed by atoms with E-state index in [9.17, 15) is 8.42 Å². The van der Waals surface area contributed by atoms with E-state index < -0.39 is 10.0 Å². The quantitative estimate of drug-likeness (QED) is 0.878. The number of hydrogen-bond acceptors (Lipinski definition) is 4. The summed E-state index contributed by atoms with van der Waals surface area (Å²) in [6.45, 7) is 1.75. The molecule has 0 radical (unpaired) electrons. The third-order valence-corrected chi connectivity index (χ3v) is 4.54. The first kappa shape index (κ1) is 13.9. The fraction of sp³-hybridized carbons (Fsp3) is 0.167. The number of hydrogen-bond donors (Lipinski definition) is 1. The molecule has 7 heteroatoms. The molecule has 1 N–H and O–H groups in total. The van der Waals surface area contributed by atoms with Gasteiger partial charge in [-0.3, -0.25) is 4.98 Å². The van der Waals surface area contributed by atoms with E-state index in [2.05, 4.69) is 14.7 Å². The lowest BCUT2D eigenvalue weighted by Crippen LogP contribution is -2.27. The van der Waals surface area contributed by atoms with Gasteiger partial charge in [0.1, 0.15) is 10.0 Å². The third-order valence-electron chi connectivity index (χ3n) is 2.55. The van der Waals surface area contributed by atoms with Gasteiger partial charge in [-0.15, -0.1) is 0 Å². The molecule has 0 aliphatic heterocycles. The maximum atomic E-state index is 12.2. The van der Waals surface area contributed by atoms with Gasteiger partial charge in [-0.2, -0.15) is 0 Å². The molecule has 0 fully saturated rings. The lowest BCUT2D eigenvalue weighted by atomic mass is 10.1. The molecule has 2 aromatic heterocycles. The normalized spacial score (nSPS) is 13.2. The van der Waals surface area contributed by atoms with Crippen LogP contribution in [0.5, 0.6) is 0 Å². The molecule has 0 bridgehead atoms. The zero-order chi connectivity index (χ0) is 13.9.